The highest BCUT2D eigenvalue weighted by molar-refractivity contribution is 5.35. The topological polar surface area (TPSA) is 55.2 Å². The molecule has 1 aliphatic rings. The Bertz CT molecular complexity index is 461. The van der Waals surface area contributed by atoms with Crippen molar-refractivity contribution >= 4 is 5.69 Å². The molecule has 0 spiro atoms. The third-order valence-electron chi connectivity index (χ3n) is 3.56. The number of hydrogen-bond donors (Lipinski definition) is 1. The molecule has 1 aromatic carbocycles. The second-order valence-corrected chi connectivity index (χ2v) is 5.24. The van der Waals surface area contributed by atoms with Gasteiger partial charge in [0.25, 0.3) is 5.69 Å². The van der Waals surface area contributed by atoms with Crippen LogP contribution in [-0.2, 0) is 6.54 Å². The van der Waals surface area contributed by atoms with Gasteiger partial charge in [-0.2, -0.15) is 0 Å². The van der Waals surface area contributed by atoms with Crippen LogP contribution in [0.1, 0.15) is 38.2 Å². The van der Waals surface area contributed by atoms with Gasteiger partial charge in [-0.1, -0.05) is 19.8 Å². The molecule has 1 unspecified atom stereocenters. The summed E-state index contributed by atoms with van der Waals surface area (Å²) in [5.41, 5.74) is 0.438. The highest BCUT2D eigenvalue weighted by atomic mass is 19.1. The first kappa shape index (κ1) is 13.9. The molecule has 5 heteroatoms. The van der Waals surface area contributed by atoms with E-state index >= 15 is 0 Å². The number of halogens is 1. The van der Waals surface area contributed by atoms with Crippen LogP contribution in [0.25, 0.3) is 0 Å². The largest absolute Gasteiger partial charge is 0.310 e. The molecule has 1 saturated carbocycles. The summed E-state index contributed by atoms with van der Waals surface area (Å²) in [4.78, 5) is 10.1. The molecule has 1 atom stereocenters. The van der Waals surface area contributed by atoms with Crippen molar-refractivity contribution in [2.45, 2.75) is 45.2 Å². The summed E-state index contributed by atoms with van der Waals surface area (Å²) in [6, 6.07) is 4.14. The first-order valence-electron chi connectivity index (χ1n) is 6.75. The zero-order valence-corrected chi connectivity index (χ0v) is 11.1. The lowest BCUT2D eigenvalue weighted by atomic mass is 10.1. The lowest BCUT2D eigenvalue weighted by molar-refractivity contribution is -0.385. The minimum Gasteiger partial charge on any atom is -0.310 e. The predicted octanol–water partition coefficient (Wildman–Crippen LogP) is 3.40. The van der Waals surface area contributed by atoms with Gasteiger partial charge in [0.2, 0.25) is 0 Å². The van der Waals surface area contributed by atoms with Crippen molar-refractivity contribution in [2.75, 3.05) is 0 Å². The van der Waals surface area contributed by atoms with Gasteiger partial charge in [-0.15, -0.1) is 0 Å². The van der Waals surface area contributed by atoms with Crippen LogP contribution in [0.15, 0.2) is 18.2 Å². The SMILES string of the molecule is CCC(CC1CC1)NCc1cc(F)cc([N+](=O)[O-])c1. The van der Waals surface area contributed by atoms with Gasteiger partial charge in [0.15, 0.2) is 0 Å². The molecule has 4 nitrogen and oxygen atoms in total. The molecule has 19 heavy (non-hydrogen) atoms. The highest BCUT2D eigenvalue weighted by Gasteiger charge is 2.24. The Kier molecular flexibility index (Phi) is 4.47. The summed E-state index contributed by atoms with van der Waals surface area (Å²) in [7, 11) is 0. The van der Waals surface area contributed by atoms with E-state index in [1.165, 1.54) is 25.0 Å². The van der Waals surface area contributed by atoms with E-state index in [0.29, 0.717) is 18.2 Å². The predicted molar refractivity (Wildman–Crippen MR) is 71.3 cm³/mol. The van der Waals surface area contributed by atoms with Gasteiger partial charge in [-0.3, -0.25) is 10.1 Å². The van der Waals surface area contributed by atoms with Gasteiger partial charge in [0.05, 0.1) is 11.0 Å². The minimum absolute atomic E-state index is 0.188. The summed E-state index contributed by atoms with van der Waals surface area (Å²) in [6.45, 7) is 2.60. The minimum atomic E-state index is -0.561. The van der Waals surface area contributed by atoms with Gasteiger partial charge in [0.1, 0.15) is 5.82 Å². The van der Waals surface area contributed by atoms with Crippen LogP contribution in [0.3, 0.4) is 0 Å². The Hall–Kier alpha value is -1.49. The smallest absolute Gasteiger partial charge is 0.272 e. The van der Waals surface area contributed by atoms with Crippen molar-refractivity contribution in [1.29, 1.82) is 0 Å². The van der Waals surface area contributed by atoms with Crippen LogP contribution < -0.4 is 5.32 Å². The van der Waals surface area contributed by atoms with E-state index < -0.39 is 10.7 Å². The number of non-ortho nitro benzene ring substituents is 1. The molecule has 1 fully saturated rings. The van der Waals surface area contributed by atoms with E-state index in [1.807, 2.05) is 0 Å². The van der Waals surface area contributed by atoms with Gasteiger partial charge in [0, 0.05) is 18.7 Å². The Morgan fingerprint density at radius 1 is 1.47 bits per heavy atom. The zero-order valence-electron chi connectivity index (χ0n) is 11.1. The molecule has 1 aromatic rings. The van der Waals surface area contributed by atoms with E-state index in [2.05, 4.69) is 12.2 Å². The first-order chi connectivity index (χ1) is 9.08. The number of hydrogen-bond acceptors (Lipinski definition) is 3. The monoisotopic (exact) mass is 266 g/mol. The average molecular weight is 266 g/mol. The number of rotatable bonds is 7. The summed E-state index contributed by atoms with van der Waals surface area (Å²) < 4.78 is 13.3. The van der Waals surface area contributed by atoms with Crippen molar-refractivity contribution in [3.8, 4) is 0 Å². The Labute approximate surface area is 112 Å². The van der Waals surface area contributed by atoms with Gasteiger partial charge in [-0.25, -0.2) is 4.39 Å². The fraction of sp³-hybridized carbons (Fsp3) is 0.571. The number of nitrogens with one attached hydrogen (secondary N) is 1. The van der Waals surface area contributed by atoms with E-state index in [4.69, 9.17) is 0 Å². The number of nitrogens with zero attached hydrogens (tertiary/aromatic N) is 1. The fourth-order valence-corrected chi connectivity index (χ4v) is 2.25. The van der Waals surface area contributed by atoms with Crippen LogP contribution in [-0.4, -0.2) is 11.0 Å². The molecule has 0 aromatic heterocycles. The van der Waals surface area contributed by atoms with Crippen LogP contribution in [0, 0.1) is 21.8 Å². The molecule has 0 bridgehead atoms. The van der Waals surface area contributed by atoms with Crippen LogP contribution in [0.2, 0.25) is 0 Å². The summed E-state index contributed by atoms with van der Waals surface area (Å²) in [6.07, 6.45) is 4.79. The second-order valence-electron chi connectivity index (χ2n) is 5.24. The van der Waals surface area contributed by atoms with Crippen LogP contribution >= 0.6 is 0 Å². The summed E-state index contributed by atoms with van der Waals surface area (Å²) in [5, 5.41) is 14.0. The molecule has 0 aliphatic heterocycles. The van der Waals surface area contributed by atoms with Crippen molar-refractivity contribution < 1.29 is 9.31 Å². The molecule has 1 N–H and O–H groups in total. The van der Waals surface area contributed by atoms with Crippen LogP contribution in [0.4, 0.5) is 10.1 Å². The maximum absolute atomic E-state index is 13.3. The molecular weight excluding hydrogens is 247 g/mol. The molecule has 104 valence electrons. The summed E-state index contributed by atoms with van der Waals surface area (Å²) in [5.74, 6) is 0.278. The third kappa shape index (κ3) is 4.28. The lowest BCUT2D eigenvalue weighted by Gasteiger charge is -2.16. The van der Waals surface area contributed by atoms with Gasteiger partial charge < -0.3 is 5.32 Å². The molecule has 1 aliphatic carbocycles. The molecule has 0 radical (unpaired) electrons. The van der Waals surface area contributed by atoms with Crippen molar-refractivity contribution in [3.05, 3.63) is 39.7 Å². The van der Waals surface area contributed by atoms with Crippen molar-refractivity contribution in [1.82, 2.24) is 5.32 Å². The molecule has 2 rings (SSSR count). The Balaban J connectivity index is 1.95. The first-order valence-corrected chi connectivity index (χ1v) is 6.75. The van der Waals surface area contributed by atoms with E-state index in [9.17, 15) is 14.5 Å². The quantitative estimate of drug-likeness (QED) is 0.608. The Morgan fingerprint density at radius 2 is 2.21 bits per heavy atom. The van der Waals surface area contributed by atoms with Gasteiger partial charge >= 0.3 is 0 Å². The Morgan fingerprint density at radius 3 is 2.79 bits per heavy atom. The number of benzene rings is 1. The molecule has 0 amide bonds. The van der Waals surface area contributed by atoms with Gasteiger partial charge in [-0.05, 0) is 30.4 Å². The third-order valence-corrected chi connectivity index (χ3v) is 3.56. The maximum Gasteiger partial charge on any atom is 0.272 e. The average Bonchev–Trinajstić information content (AvgIpc) is 3.17. The van der Waals surface area contributed by atoms with E-state index in [1.54, 1.807) is 0 Å². The fourth-order valence-electron chi connectivity index (χ4n) is 2.25. The molecule has 0 heterocycles. The zero-order chi connectivity index (χ0) is 13.8. The lowest BCUT2D eigenvalue weighted by Crippen LogP contribution is -2.28. The molecule has 0 saturated heterocycles. The molecular formula is C14H19FN2O2. The normalized spacial score (nSPS) is 16.3. The maximum atomic E-state index is 13.3. The number of nitro groups is 1. The van der Waals surface area contributed by atoms with E-state index in [0.717, 1.165) is 24.8 Å². The highest BCUT2D eigenvalue weighted by Crippen LogP contribution is 2.34. The van der Waals surface area contributed by atoms with Crippen molar-refractivity contribution in [3.63, 3.8) is 0 Å². The van der Waals surface area contributed by atoms with Crippen LogP contribution in [0.5, 0.6) is 0 Å². The van der Waals surface area contributed by atoms with E-state index in [-0.39, 0.29) is 5.69 Å². The number of nitro benzene ring substituents is 1. The standard InChI is InChI=1S/C14H19FN2O2/c1-2-13(6-10-3-4-10)16-9-11-5-12(15)8-14(7-11)17(18)19/h5,7-8,10,13,16H,2-4,6,9H2,1H3. The summed E-state index contributed by atoms with van der Waals surface area (Å²) >= 11 is 0. The second kappa shape index (κ2) is 6.10. The van der Waals surface area contributed by atoms with Crippen molar-refractivity contribution in [2.24, 2.45) is 5.92 Å².